The predicted molar refractivity (Wildman–Crippen MR) is 106 cm³/mol. The second-order valence-corrected chi connectivity index (χ2v) is 9.01. The summed E-state index contributed by atoms with van der Waals surface area (Å²) in [5.41, 5.74) is 5.24. The van der Waals surface area contributed by atoms with E-state index in [0.29, 0.717) is 0 Å². The number of halogens is 5. The molecule has 0 aliphatic heterocycles. The van der Waals surface area contributed by atoms with Gasteiger partial charge in [-0.05, 0) is 43.3 Å². The first-order chi connectivity index (χ1) is 13.8. The number of hydrogen-bond acceptors (Lipinski definition) is 5. The number of carbonyl (C=O) groups is 1. The molecule has 1 amide bonds. The minimum atomic E-state index is -5.08. The number of hydrogen-bond donors (Lipinski definition) is 2. The molecule has 0 saturated carbocycles. The Hall–Kier alpha value is -2.02. The lowest BCUT2D eigenvalue weighted by atomic mass is 10.2. The van der Waals surface area contributed by atoms with Gasteiger partial charge < -0.3 is 15.2 Å². The van der Waals surface area contributed by atoms with E-state index in [0.717, 1.165) is 12.1 Å². The van der Waals surface area contributed by atoms with Gasteiger partial charge in [-0.3, -0.25) is 4.79 Å². The summed E-state index contributed by atoms with van der Waals surface area (Å²) in [6, 6.07) is 6.33. The minimum absolute atomic E-state index is 0.00803. The summed E-state index contributed by atoms with van der Waals surface area (Å²) in [6.45, 7) is 1.16. The zero-order valence-electron chi connectivity index (χ0n) is 15.2. The van der Waals surface area contributed by atoms with Gasteiger partial charge in [-0.15, -0.1) is 13.2 Å². The number of nitrogens with one attached hydrogen (secondary N) is 1. The van der Waals surface area contributed by atoms with Crippen molar-refractivity contribution >= 4 is 43.5 Å². The van der Waals surface area contributed by atoms with Crippen molar-refractivity contribution in [1.29, 1.82) is 0 Å². The van der Waals surface area contributed by atoms with Gasteiger partial charge in [0.15, 0.2) is 5.75 Å². The number of carbonyl (C=O) groups excluding carboxylic acids is 1. The smallest absolute Gasteiger partial charge is 0.491 e. The Kier molecular flexibility index (Phi) is 7.61. The second-order valence-electron chi connectivity index (χ2n) is 5.98. The van der Waals surface area contributed by atoms with Crippen LogP contribution in [0.1, 0.15) is 17.3 Å². The maximum Gasteiger partial charge on any atom is 0.573 e. The summed E-state index contributed by atoms with van der Waals surface area (Å²) in [4.78, 5) is 10.8. The van der Waals surface area contributed by atoms with Crippen LogP contribution in [0.3, 0.4) is 0 Å². The Morgan fingerprint density at radius 3 is 2.50 bits per heavy atom. The molecule has 7 nitrogen and oxygen atoms in total. The largest absolute Gasteiger partial charge is 0.573 e. The molecule has 0 saturated heterocycles. The van der Waals surface area contributed by atoms with Crippen molar-refractivity contribution in [1.82, 2.24) is 4.72 Å². The number of benzene rings is 2. The van der Waals surface area contributed by atoms with Crippen LogP contribution in [0.5, 0.6) is 11.5 Å². The van der Waals surface area contributed by atoms with Gasteiger partial charge in [0.25, 0.3) is 5.91 Å². The van der Waals surface area contributed by atoms with Gasteiger partial charge in [-0.25, -0.2) is 13.1 Å². The van der Waals surface area contributed by atoms with Crippen LogP contribution in [0.2, 0.25) is 5.02 Å². The fourth-order valence-corrected chi connectivity index (χ4v) is 4.16. The molecule has 0 unspecified atom stereocenters. The second kappa shape index (κ2) is 9.41. The van der Waals surface area contributed by atoms with Gasteiger partial charge in [-0.2, -0.15) is 0 Å². The zero-order chi connectivity index (χ0) is 22.7. The van der Waals surface area contributed by atoms with Crippen LogP contribution < -0.4 is 19.9 Å². The van der Waals surface area contributed by atoms with E-state index in [1.54, 1.807) is 0 Å². The highest BCUT2D eigenvalue weighted by molar-refractivity contribution is 9.10. The Morgan fingerprint density at radius 1 is 1.23 bits per heavy atom. The van der Waals surface area contributed by atoms with Crippen LogP contribution in [0.4, 0.5) is 13.2 Å². The molecule has 30 heavy (non-hydrogen) atoms. The summed E-state index contributed by atoms with van der Waals surface area (Å²) in [5, 5.41) is 0.248. The lowest BCUT2D eigenvalue weighted by Crippen LogP contribution is -2.37. The van der Waals surface area contributed by atoms with Gasteiger partial charge >= 0.3 is 6.36 Å². The third-order valence-electron chi connectivity index (χ3n) is 3.47. The van der Waals surface area contributed by atoms with Crippen molar-refractivity contribution in [2.24, 2.45) is 5.73 Å². The average Bonchev–Trinajstić information content (AvgIpc) is 2.58. The number of rotatable bonds is 8. The molecule has 13 heteroatoms. The van der Waals surface area contributed by atoms with E-state index in [1.165, 1.54) is 31.2 Å². The molecular formula is C17H15BrClF3N2O5S. The first-order valence-electron chi connectivity index (χ1n) is 8.08. The molecule has 2 aromatic carbocycles. The number of primary amides is 1. The summed E-state index contributed by atoms with van der Waals surface area (Å²) < 4.78 is 74.6. The molecule has 164 valence electrons. The third-order valence-corrected chi connectivity index (χ3v) is 5.83. The van der Waals surface area contributed by atoms with E-state index in [1.807, 2.05) is 0 Å². The SMILES string of the molecule is C[C@@H](COc1ccc(Cl)cc1C(N)=O)NS(=O)(=O)c1ccc(Br)cc1OC(F)(F)F. The maximum atomic E-state index is 12.6. The summed E-state index contributed by atoms with van der Waals surface area (Å²) in [6.07, 6.45) is -5.08. The number of sulfonamides is 1. The van der Waals surface area contributed by atoms with Gasteiger partial charge in [0.2, 0.25) is 10.0 Å². The van der Waals surface area contributed by atoms with Crippen molar-refractivity contribution in [2.75, 3.05) is 6.61 Å². The molecule has 0 spiro atoms. The molecule has 2 rings (SSSR count). The van der Waals surface area contributed by atoms with E-state index in [-0.39, 0.29) is 27.4 Å². The first-order valence-corrected chi connectivity index (χ1v) is 10.7. The molecular weight excluding hydrogens is 517 g/mol. The summed E-state index contributed by atoms with van der Waals surface area (Å²) >= 11 is 8.77. The van der Waals surface area contributed by atoms with E-state index in [2.05, 4.69) is 25.4 Å². The Bertz CT molecular complexity index is 1050. The Labute approximate surface area is 183 Å². The summed E-state index contributed by atoms with van der Waals surface area (Å²) in [7, 11) is -4.41. The van der Waals surface area contributed by atoms with Gasteiger partial charge in [-0.1, -0.05) is 27.5 Å². The Morgan fingerprint density at radius 2 is 1.90 bits per heavy atom. The normalized spacial score (nSPS) is 13.0. The third kappa shape index (κ3) is 6.76. The zero-order valence-corrected chi connectivity index (χ0v) is 18.3. The van der Waals surface area contributed by atoms with Crippen molar-refractivity contribution < 1.29 is 35.9 Å². The van der Waals surface area contributed by atoms with Gasteiger partial charge in [0.1, 0.15) is 17.3 Å². The van der Waals surface area contributed by atoms with E-state index in [9.17, 15) is 26.4 Å². The van der Waals surface area contributed by atoms with Crippen molar-refractivity contribution in [3.05, 3.63) is 51.5 Å². The number of amides is 1. The lowest BCUT2D eigenvalue weighted by molar-refractivity contribution is -0.275. The van der Waals surface area contributed by atoms with E-state index >= 15 is 0 Å². The average molecular weight is 532 g/mol. The van der Waals surface area contributed by atoms with Crippen molar-refractivity contribution in [3.8, 4) is 11.5 Å². The van der Waals surface area contributed by atoms with Crippen LogP contribution in [-0.2, 0) is 10.0 Å². The highest BCUT2D eigenvalue weighted by Crippen LogP contribution is 2.32. The molecule has 0 radical (unpaired) electrons. The molecule has 2 aromatic rings. The van der Waals surface area contributed by atoms with E-state index in [4.69, 9.17) is 22.1 Å². The maximum absolute atomic E-state index is 12.6. The molecule has 3 N–H and O–H groups in total. The van der Waals surface area contributed by atoms with Crippen molar-refractivity contribution in [2.45, 2.75) is 24.2 Å². The highest BCUT2D eigenvalue weighted by Gasteiger charge is 2.34. The number of alkyl halides is 3. The van der Waals surface area contributed by atoms with Crippen LogP contribution in [-0.4, -0.2) is 33.3 Å². The molecule has 0 aliphatic carbocycles. The van der Waals surface area contributed by atoms with Crippen LogP contribution >= 0.6 is 27.5 Å². The lowest BCUT2D eigenvalue weighted by Gasteiger charge is -2.18. The quantitative estimate of drug-likeness (QED) is 0.538. The fourth-order valence-electron chi connectivity index (χ4n) is 2.31. The predicted octanol–water partition coefficient (Wildman–Crippen LogP) is 3.85. The van der Waals surface area contributed by atoms with Crippen LogP contribution in [0, 0.1) is 0 Å². The number of ether oxygens (including phenoxy) is 2. The summed E-state index contributed by atoms with van der Waals surface area (Å²) in [5.74, 6) is -1.63. The molecule has 0 heterocycles. The first kappa shape index (κ1) is 24.3. The minimum Gasteiger partial charge on any atom is -0.491 e. The molecule has 0 aliphatic rings. The van der Waals surface area contributed by atoms with Gasteiger partial charge in [0.05, 0.1) is 11.6 Å². The topological polar surface area (TPSA) is 108 Å². The molecule has 1 atom stereocenters. The monoisotopic (exact) mass is 530 g/mol. The number of nitrogens with two attached hydrogens (primary N) is 1. The Balaban J connectivity index is 2.18. The van der Waals surface area contributed by atoms with Crippen LogP contribution in [0.15, 0.2) is 45.8 Å². The molecule has 0 aromatic heterocycles. The van der Waals surface area contributed by atoms with Crippen molar-refractivity contribution in [3.63, 3.8) is 0 Å². The fraction of sp³-hybridized carbons (Fsp3) is 0.235. The highest BCUT2D eigenvalue weighted by atomic mass is 79.9. The standard InChI is InChI=1S/C17H15BrClF3N2O5S/c1-9(8-28-13-4-3-11(19)7-12(13)16(23)25)24-30(26,27)15-5-2-10(18)6-14(15)29-17(20,21)22/h2-7,9,24H,8H2,1H3,(H2,23,25)/t9-/m0/s1. The molecule has 0 bridgehead atoms. The van der Waals surface area contributed by atoms with Crippen LogP contribution in [0.25, 0.3) is 0 Å². The molecule has 0 fully saturated rings. The van der Waals surface area contributed by atoms with E-state index < -0.39 is 39.0 Å². The van der Waals surface area contributed by atoms with Gasteiger partial charge in [0, 0.05) is 9.50 Å².